The van der Waals surface area contributed by atoms with Crippen molar-refractivity contribution in [3.63, 3.8) is 0 Å². The first-order chi connectivity index (χ1) is 10.8. The van der Waals surface area contributed by atoms with Gasteiger partial charge >= 0.3 is 0 Å². The molecule has 0 bridgehead atoms. The smallest absolute Gasteiger partial charge is 0.0178 e. The van der Waals surface area contributed by atoms with E-state index < -0.39 is 0 Å². The Morgan fingerprint density at radius 3 is 2.14 bits per heavy atom. The molecule has 0 radical (unpaired) electrons. The maximum Gasteiger partial charge on any atom is -0.0178 e. The van der Waals surface area contributed by atoms with Crippen LogP contribution in [0.3, 0.4) is 0 Å². The van der Waals surface area contributed by atoms with Gasteiger partial charge in [-0.15, -0.1) is 6.58 Å². The predicted octanol–water partition coefficient (Wildman–Crippen LogP) is 6.19. The molecule has 3 aromatic rings. The molecule has 110 valence electrons. The summed E-state index contributed by atoms with van der Waals surface area (Å²) in [6, 6.07) is 22.4. The van der Waals surface area contributed by atoms with Crippen molar-refractivity contribution in [1.29, 1.82) is 0 Å². The molecule has 0 aliphatic carbocycles. The van der Waals surface area contributed by atoms with Crippen molar-refractivity contribution < 1.29 is 0 Å². The van der Waals surface area contributed by atoms with Crippen LogP contribution in [0.4, 0.5) is 0 Å². The van der Waals surface area contributed by atoms with E-state index in [1.165, 1.54) is 33.0 Å². The number of aryl methyl sites for hydroxylation is 2. The van der Waals surface area contributed by atoms with Gasteiger partial charge in [-0.1, -0.05) is 67.6 Å². The van der Waals surface area contributed by atoms with Gasteiger partial charge in [-0.25, -0.2) is 0 Å². The third kappa shape index (κ3) is 3.12. The molecule has 0 amide bonds. The van der Waals surface area contributed by atoms with Crippen LogP contribution in [0.1, 0.15) is 24.5 Å². The molecule has 0 saturated carbocycles. The topological polar surface area (TPSA) is 0 Å². The molecular formula is C22H22. The predicted molar refractivity (Wildman–Crippen MR) is 97.3 cm³/mol. The van der Waals surface area contributed by atoms with Crippen molar-refractivity contribution in [1.82, 2.24) is 0 Å². The minimum atomic E-state index is 1.04. The minimum absolute atomic E-state index is 1.04. The lowest BCUT2D eigenvalue weighted by molar-refractivity contribution is 1.01. The van der Waals surface area contributed by atoms with Gasteiger partial charge in [0.15, 0.2) is 0 Å². The van der Waals surface area contributed by atoms with Gasteiger partial charge in [0.1, 0.15) is 0 Å². The van der Waals surface area contributed by atoms with Gasteiger partial charge in [-0.05, 0) is 58.4 Å². The van der Waals surface area contributed by atoms with E-state index in [2.05, 4.69) is 74.2 Å². The SMILES string of the molecule is C=CCCc1ccc2cc(-c3ccc(CC)cc3)ccc2c1. The van der Waals surface area contributed by atoms with E-state index in [4.69, 9.17) is 0 Å². The summed E-state index contributed by atoms with van der Waals surface area (Å²) in [7, 11) is 0. The molecular weight excluding hydrogens is 264 g/mol. The van der Waals surface area contributed by atoms with Gasteiger partial charge in [0, 0.05) is 0 Å². The normalized spacial score (nSPS) is 10.8. The lowest BCUT2D eigenvalue weighted by Crippen LogP contribution is -1.85. The van der Waals surface area contributed by atoms with Crippen molar-refractivity contribution in [2.75, 3.05) is 0 Å². The molecule has 0 fully saturated rings. The fraction of sp³-hybridized carbons (Fsp3) is 0.182. The Kier molecular flexibility index (Phi) is 4.39. The fourth-order valence-corrected chi connectivity index (χ4v) is 2.83. The first-order valence-corrected chi connectivity index (χ1v) is 8.03. The van der Waals surface area contributed by atoms with E-state index in [0.717, 1.165) is 19.3 Å². The first-order valence-electron chi connectivity index (χ1n) is 8.03. The van der Waals surface area contributed by atoms with Gasteiger partial charge in [0.25, 0.3) is 0 Å². The number of fused-ring (bicyclic) bond motifs is 1. The zero-order chi connectivity index (χ0) is 15.4. The van der Waals surface area contributed by atoms with Crippen molar-refractivity contribution in [3.05, 3.63) is 84.4 Å². The number of benzene rings is 3. The standard InChI is InChI=1S/C22H22/c1-3-5-6-18-9-12-22-16-21(14-13-20(22)15-18)19-10-7-17(4-2)8-11-19/h3,7-16H,1,4-6H2,2H3. The van der Waals surface area contributed by atoms with Gasteiger partial charge in [0.05, 0.1) is 0 Å². The monoisotopic (exact) mass is 286 g/mol. The average molecular weight is 286 g/mol. The molecule has 0 heteroatoms. The molecule has 0 aliphatic rings. The fourth-order valence-electron chi connectivity index (χ4n) is 2.83. The van der Waals surface area contributed by atoms with Gasteiger partial charge in [-0.3, -0.25) is 0 Å². The highest BCUT2D eigenvalue weighted by atomic mass is 14.1. The van der Waals surface area contributed by atoms with E-state index in [1.807, 2.05) is 6.08 Å². The third-order valence-corrected chi connectivity index (χ3v) is 4.24. The van der Waals surface area contributed by atoms with E-state index in [0.29, 0.717) is 0 Å². The Balaban J connectivity index is 1.93. The molecule has 0 aliphatic heterocycles. The van der Waals surface area contributed by atoms with Crippen LogP contribution < -0.4 is 0 Å². The molecule has 0 heterocycles. The summed E-state index contributed by atoms with van der Waals surface area (Å²) < 4.78 is 0. The van der Waals surface area contributed by atoms with Crippen LogP contribution in [0, 0.1) is 0 Å². The van der Waals surface area contributed by atoms with Crippen LogP contribution in [0.2, 0.25) is 0 Å². The highest BCUT2D eigenvalue weighted by Gasteiger charge is 2.01. The lowest BCUT2D eigenvalue weighted by Gasteiger charge is -2.07. The molecule has 0 N–H and O–H groups in total. The summed E-state index contributed by atoms with van der Waals surface area (Å²) in [5.41, 5.74) is 5.34. The maximum atomic E-state index is 3.80. The molecule has 0 atom stereocenters. The second kappa shape index (κ2) is 6.62. The van der Waals surface area contributed by atoms with Crippen LogP contribution in [-0.2, 0) is 12.8 Å². The number of hydrogen-bond acceptors (Lipinski definition) is 0. The first kappa shape index (κ1) is 14.6. The maximum absolute atomic E-state index is 3.80. The van der Waals surface area contributed by atoms with Crippen LogP contribution in [0.5, 0.6) is 0 Å². The van der Waals surface area contributed by atoms with Crippen LogP contribution in [0.25, 0.3) is 21.9 Å². The molecule has 0 aromatic heterocycles. The van der Waals surface area contributed by atoms with Gasteiger partial charge in [-0.2, -0.15) is 0 Å². The molecule has 0 spiro atoms. The van der Waals surface area contributed by atoms with E-state index in [-0.39, 0.29) is 0 Å². The van der Waals surface area contributed by atoms with Gasteiger partial charge < -0.3 is 0 Å². The third-order valence-electron chi connectivity index (χ3n) is 4.24. The number of hydrogen-bond donors (Lipinski definition) is 0. The highest BCUT2D eigenvalue weighted by molar-refractivity contribution is 5.87. The summed E-state index contributed by atoms with van der Waals surface area (Å²) in [6.07, 6.45) is 5.17. The quantitative estimate of drug-likeness (QED) is 0.491. The number of rotatable bonds is 5. The summed E-state index contributed by atoms with van der Waals surface area (Å²) in [4.78, 5) is 0. The molecule has 0 nitrogen and oxygen atoms in total. The summed E-state index contributed by atoms with van der Waals surface area (Å²) in [6.45, 7) is 5.98. The Morgan fingerprint density at radius 1 is 0.773 bits per heavy atom. The van der Waals surface area contributed by atoms with Crippen molar-refractivity contribution in [2.24, 2.45) is 0 Å². The molecule has 22 heavy (non-hydrogen) atoms. The van der Waals surface area contributed by atoms with E-state index in [9.17, 15) is 0 Å². The second-order valence-electron chi connectivity index (χ2n) is 5.77. The Morgan fingerprint density at radius 2 is 1.41 bits per heavy atom. The highest BCUT2D eigenvalue weighted by Crippen LogP contribution is 2.26. The molecule has 3 rings (SSSR count). The molecule has 3 aromatic carbocycles. The van der Waals surface area contributed by atoms with E-state index in [1.54, 1.807) is 0 Å². The number of allylic oxidation sites excluding steroid dienone is 1. The largest absolute Gasteiger partial charge is 0.103 e. The average Bonchev–Trinajstić information content (AvgIpc) is 2.59. The second-order valence-corrected chi connectivity index (χ2v) is 5.77. The molecule has 0 saturated heterocycles. The Labute approximate surface area is 133 Å². The Bertz CT molecular complexity index is 779. The van der Waals surface area contributed by atoms with Crippen molar-refractivity contribution in [3.8, 4) is 11.1 Å². The Hall–Kier alpha value is -2.34. The molecule has 0 unspecified atom stereocenters. The van der Waals surface area contributed by atoms with Crippen LogP contribution in [-0.4, -0.2) is 0 Å². The van der Waals surface area contributed by atoms with Crippen LogP contribution >= 0.6 is 0 Å². The minimum Gasteiger partial charge on any atom is -0.103 e. The van der Waals surface area contributed by atoms with Gasteiger partial charge in [0.2, 0.25) is 0 Å². The van der Waals surface area contributed by atoms with Crippen LogP contribution in [0.15, 0.2) is 73.3 Å². The zero-order valence-corrected chi connectivity index (χ0v) is 13.2. The summed E-state index contributed by atoms with van der Waals surface area (Å²) in [5.74, 6) is 0. The van der Waals surface area contributed by atoms with Crippen molar-refractivity contribution in [2.45, 2.75) is 26.2 Å². The van der Waals surface area contributed by atoms with Crippen molar-refractivity contribution >= 4 is 10.8 Å². The van der Waals surface area contributed by atoms with E-state index >= 15 is 0 Å². The summed E-state index contributed by atoms with van der Waals surface area (Å²) >= 11 is 0. The lowest BCUT2D eigenvalue weighted by atomic mass is 9.98. The zero-order valence-electron chi connectivity index (χ0n) is 13.2. The summed E-state index contributed by atoms with van der Waals surface area (Å²) in [5, 5.41) is 2.62.